The van der Waals surface area contributed by atoms with Gasteiger partial charge in [0.25, 0.3) is 5.56 Å². The Kier molecular flexibility index (Phi) is 3.26. The number of aromatic nitrogens is 1. The van der Waals surface area contributed by atoms with Crippen LogP contribution in [0.15, 0.2) is 17.4 Å². The lowest BCUT2D eigenvalue weighted by Crippen LogP contribution is -2.16. The maximum atomic E-state index is 11.2. The van der Waals surface area contributed by atoms with Crippen LogP contribution in [0.5, 0.6) is 0 Å². The lowest BCUT2D eigenvalue weighted by Gasteiger charge is -2.09. The molecule has 1 aromatic heterocycles. The van der Waals surface area contributed by atoms with Crippen LogP contribution in [-0.4, -0.2) is 12.1 Å². The molecule has 0 aliphatic heterocycles. The zero-order valence-corrected chi connectivity index (χ0v) is 8.55. The summed E-state index contributed by atoms with van der Waals surface area (Å²) in [6.45, 7) is 5.44. The summed E-state index contributed by atoms with van der Waals surface area (Å²) in [6, 6.07) is 3.28. The SMILES string of the molecule is C=C(NOC)c1cc(C#N)c(=O)[nH]c1C. The molecule has 0 radical (unpaired) electrons. The molecular formula is C10H11N3O2. The van der Waals surface area contributed by atoms with Gasteiger partial charge in [0.05, 0.1) is 12.8 Å². The van der Waals surface area contributed by atoms with Crippen molar-refractivity contribution in [1.82, 2.24) is 10.5 Å². The molecule has 0 aliphatic rings. The molecule has 0 amide bonds. The first kappa shape index (κ1) is 11.0. The molecule has 5 nitrogen and oxygen atoms in total. The Labute approximate surface area is 87.0 Å². The van der Waals surface area contributed by atoms with Gasteiger partial charge >= 0.3 is 0 Å². The highest BCUT2D eigenvalue weighted by atomic mass is 16.6. The van der Waals surface area contributed by atoms with Crippen molar-refractivity contribution >= 4 is 5.70 Å². The molecule has 2 N–H and O–H groups in total. The molecule has 0 bridgehead atoms. The highest BCUT2D eigenvalue weighted by Gasteiger charge is 2.07. The van der Waals surface area contributed by atoms with Crippen molar-refractivity contribution in [3.05, 3.63) is 39.8 Å². The van der Waals surface area contributed by atoms with Crippen LogP contribution < -0.4 is 11.0 Å². The molecule has 78 valence electrons. The van der Waals surface area contributed by atoms with Gasteiger partial charge in [-0.15, -0.1) is 0 Å². The first-order valence-electron chi connectivity index (χ1n) is 4.22. The lowest BCUT2D eigenvalue weighted by atomic mass is 10.1. The Balaban J connectivity index is 3.26. The van der Waals surface area contributed by atoms with Crippen molar-refractivity contribution in [2.24, 2.45) is 0 Å². The van der Waals surface area contributed by atoms with Crippen LogP contribution in [0.2, 0.25) is 0 Å². The van der Waals surface area contributed by atoms with E-state index in [9.17, 15) is 4.79 Å². The Bertz CT molecular complexity index is 482. The number of nitriles is 1. The van der Waals surface area contributed by atoms with Gasteiger partial charge in [-0.1, -0.05) is 6.58 Å². The zero-order valence-electron chi connectivity index (χ0n) is 8.55. The predicted molar refractivity (Wildman–Crippen MR) is 55.7 cm³/mol. The number of aryl methyl sites for hydroxylation is 1. The number of hydroxylamine groups is 1. The molecule has 5 heteroatoms. The number of pyridine rings is 1. The van der Waals surface area contributed by atoms with Gasteiger partial charge in [-0.3, -0.25) is 15.1 Å². The quantitative estimate of drug-likeness (QED) is 0.711. The van der Waals surface area contributed by atoms with E-state index in [1.54, 1.807) is 13.0 Å². The minimum Gasteiger partial charge on any atom is -0.325 e. The van der Waals surface area contributed by atoms with Crippen molar-refractivity contribution in [3.8, 4) is 6.07 Å². The molecular weight excluding hydrogens is 194 g/mol. The molecule has 0 fully saturated rings. The van der Waals surface area contributed by atoms with Gasteiger partial charge in [0.1, 0.15) is 11.6 Å². The minimum atomic E-state index is -0.399. The molecule has 0 unspecified atom stereocenters. The van der Waals surface area contributed by atoms with Gasteiger partial charge in [-0.05, 0) is 13.0 Å². The molecule has 0 atom stereocenters. The molecule has 0 spiro atoms. The maximum absolute atomic E-state index is 11.2. The van der Waals surface area contributed by atoms with Crippen LogP contribution in [0.3, 0.4) is 0 Å². The Morgan fingerprint density at radius 3 is 2.93 bits per heavy atom. The average Bonchev–Trinajstić information content (AvgIpc) is 2.18. The monoisotopic (exact) mass is 205 g/mol. The normalized spacial score (nSPS) is 9.40. The molecule has 0 aliphatic carbocycles. The fourth-order valence-electron chi connectivity index (χ4n) is 1.20. The number of nitrogens with zero attached hydrogens (tertiary/aromatic N) is 1. The summed E-state index contributed by atoms with van der Waals surface area (Å²) in [5.41, 5.74) is 3.97. The topological polar surface area (TPSA) is 77.9 Å². The van der Waals surface area contributed by atoms with E-state index < -0.39 is 5.56 Å². The summed E-state index contributed by atoms with van der Waals surface area (Å²) >= 11 is 0. The van der Waals surface area contributed by atoms with Crippen molar-refractivity contribution in [3.63, 3.8) is 0 Å². The third-order valence-electron chi connectivity index (χ3n) is 1.91. The summed E-state index contributed by atoms with van der Waals surface area (Å²) in [7, 11) is 1.46. The van der Waals surface area contributed by atoms with Gasteiger partial charge < -0.3 is 4.98 Å². The standard InChI is InChI=1S/C10H11N3O2/c1-6-9(7(2)13-15-3)4-8(5-11)10(14)12-6/h4,13H,2H2,1,3H3,(H,12,14). The molecule has 15 heavy (non-hydrogen) atoms. The van der Waals surface area contributed by atoms with E-state index in [1.807, 2.05) is 0 Å². The molecule has 0 saturated carbocycles. The lowest BCUT2D eigenvalue weighted by molar-refractivity contribution is 0.137. The van der Waals surface area contributed by atoms with Crippen LogP contribution in [0.1, 0.15) is 16.8 Å². The Morgan fingerprint density at radius 2 is 2.40 bits per heavy atom. The molecule has 1 aromatic rings. The second-order valence-electron chi connectivity index (χ2n) is 2.95. The fourth-order valence-corrected chi connectivity index (χ4v) is 1.20. The van der Waals surface area contributed by atoms with E-state index in [0.29, 0.717) is 17.0 Å². The van der Waals surface area contributed by atoms with Crippen molar-refractivity contribution in [1.29, 1.82) is 5.26 Å². The first-order valence-corrected chi connectivity index (χ1v) is 4.22. The van der Waals surface area contributed by atoms with Crippen LogP contribution in [0.25, 0.3) is 5.70 Å². The number of nitrogens with one attached hydrogen (secondary N) is 2. The van der Waals surface area contributed by atoms with E-state index in [2.05, 4.69) is 17.0 Å². The summed E-state index contributed by atoms with van der Waals surface area (Å²) in [5.74, 6) is 0. The van der Waals surface area contributed by atoms with Gasteiger partial charge in [0.2, 0.25) is 0 Å². The Hall–Kier alpha value is -2.06. The molecule has 1 heterocycles. The third kappa shape index (κ3) is 2.24. The van der Waals surface area contributed by atoms with Crippen molar-refractivity contribution in [2.45, 2.75) is 6.92 Å². The highest BCUT2D eigenvalue weighted by Crippen LogP contribution is 2.12. The highest BCUT2D eigenvalue weighted by molar-refractivity contribution is 5.63. The fraction of sp³-hybridized carbons (Fsp3) is 0.200. The van der Waals surface area contributed by atoms with E-state index >= 15 is 0 Å². The van der Waals surface area contributed by atoms with E-state index in [-0.39, 0.29) is 5.56 Å². The van der Waals surface area contributed by atoms with E-state index in [1.165, 1.54) is 13.2 Å². The maximum Gasteiger partial charge on any atom is 0.266 e. The van der Waals surface area contributed by atoms with Crippen LogP contribution in [0, 0.1) is 18.3 Å². The van der Waals surface area contributed by atoms with E-state index in [0.717, 1.165) is 0 Å². The Morgan fingerprint density at radius 1 is 1.73 bits per heavy atom. The number of H-pyrrole nitrogens is 1. The van der Waals surface area contributed by atoms with Gasteiger partial charge in [-0.25, -0.2) is 0 Å². The van der Waals surface area contributed by atoms with Crippen LogP contribution in [-0.2, 0) is 4.84 Å². The van der Waals surface area contributed by atoms with Gasteiger partial charge in [-0.2, -0.15) is 5.26 Å². The molecule has 1 rings (SSSR count). The van der Waals surface area contributed by atoms with Crippen molar-refractivity contribution < 1.29 is 4.84 Å². The second kappa shape index (κ2) is 4.44. The smallest absolute Gasteiger partial charge is 0.266 e. The van der Waals surface area contributed by atoms with Gasteiger partial charge in [0.15, 0.2) is 0 Å². The summed E-state index contributed by atoms with van der Waals surface area (Å²) in [5, 5.41) is 8.69. The number of rotatable bonds is 3. The average molecular weight is 205 g/mol. The summed E-state index contributed by atoms with van der Waals surface area (Å²) < 4.78 is 0. The number of aromatic amines is 1. The first-order chi connectivity index (χ1) is 7.10. The number of hydrogen-bond donors (Lipinski definition) is 2. The van der Waals surface area contributed by atoms with E-state index in [4.69, 9.17) is 10.1 Å². The van der Waals surface area contributed by atoms with Crippen LogP contribution >= 0.6 is 0 Å². The van der Waals surface area contributed by atoms with Crippen molar-refractivity contribution in [2.75, 3.05) is 7.11 Å². The second-order valence-corrected chi connectivity index (χ2v) is 2.95. The van der Waals surface area contributed by atoms with Gasteiger partial charge in [0, 0.05) is 11.3 Å². The van der Waals surface area contributed by atoms with Crippen LogP contribution in [0.4, 0.5) is 0 Å². The third-order valence-corrected chi connectivity index (χ3v) is 1.91. The summed E-state index contributed by atoms with van der Waals surface area (Å²) in [6.07, 6.45) is 0. The molecule has 0 saturated heterocycles. The summed E-state index contributed by atoms with van der Waals surface area (Å²) in [4.78, 5) is 18.5. The predicted octanol–water partition coefficient (Wildman–Crippen LogP) is 0.677. The molecule has 0 aromatic carbocycles. The largest absolute Gasteiger partial charge is 0.325 e. The minimum absolute atomic E-state index is 0.0506. The number of hydrogen-bond acceptors (Lipinski definition) is 4. The zero-order chi connectivity index (χ0) is 11.4.